The van der Waals surface area contributed by atoms with E-state index >= 15 is 0 Å². The van der Waals surface area contributed by atoms with Gasteiger partial charge in [-0.1, -0.05) is 11.8 Å². The summed E-state index contributed by atoms with van der Waals surface area (Å²) in [5, 5.41) is 16.4. The van der Waals surface area contributed by atoms with Crippen LogP contribution in [-0.4, -0.2) is 40.3 Å². The normalized spacial score (nSPS) is 9.94. The lowest BCUT2D eigenvalue weighted by atomic mass is 10.3. The van der Waals surface area contributed by atoms with Crippen molar-refractivity contribution >= 4 is 17.7 Å². The van der Waals surface area contributed by atoms with E-state index in [1.807, 2.05) is 6.07 Å². The topological polar surface area (TPSA) is 83.0 Å². The maximum absolute atomic E-state index is 11.6. The number of hydrogen-bond acceptors (Lipinski definition) is 6. The summed E-state index contributed by atoms with van der Waals surface area (Å²) in [6, 6.07) is 2.01. The van der Waals surface area contributed by atoms with Crippen molar-refractivity contribution in [2.45, 2.75) is 25.0 Å². The van der Waals surface area contributed by atoms with Crippen LogP contribution < -0.4 is 0 Å². The number of carbonyl (C=O) groups is 1. The van der Waals surface area contributed by atoms with Crippen molar-refractivity contribution in [3.8, 4) is 6.07 Å². The van der Waals surface area contributed by atoms with Crippen LogP contribution in [0.4, 0.5) is 0 Å². The molecule has 7 heteroatoms. The molecule has 1 aromatic rings. The van der Waals surface area contributed by atoms with Gasteiger partial charge in [0.2, 0.25) is 11.8 Å². The predicted octanol–water partition coefficient (Wildman–Crippen LogP) is 1.23. The number of nitriles is 1. The molecule has 92 valence electrons. The summed E-state index contributed by atoms with van der Waals surface area (Å²) in [4.78, 5) is 13.1. The molecule has 6 nitrogen and oxygen atoms in total. The lowest BCUT2D eigenvalue weighted by Crippen LogP contribution is -2.27. The summed E-state index contributed by atoms with van der Waals surface area (Å²) in [6.07, 6.45) is 0.756. The van der Waals surface area contributed by atoms with Crippen molar-refractivity contribution in [3.63, 3.8) is 0 Å². The first-order chi connectivity index (χ1) is 8.13. The van der Waals surface area contributed by atoms with Crippen LogP contribution in [0, 0.1) is 18.3 Å². The van der Waals surface area contributed by atoms with Gasteiger partial charge in [0.25, 0.3) is 5.22 Å². The Morgan fingerprint density at radius 2 is 2.35 bits per heavy atom. The molecule has 0 aliphatic carbocycles. The molecule has 1 aromatic heterocycles. The van der Waals surface area contributed by atoms with E-state index in [-0.39, 0.29) is 5.91 Å². The molecule has 0 atom stereocenters. The SMILES string of the molecule is Cc1nnc(SCCC(=O)N(C)CCC#N)o1. The molecule has 1 heterocycles. The van der Waals surface area contributed by atoms with Crippen LogP contribution in [0.1, 0.15) is 18.7 Å². The van der Waals surface area contributed by atoms with E-state index in [2.05, 4.69) is 10.2 Å². The number of aromatic nitrogens is 2. The largest absolute Gasteiger partial charge is 0.416 e. The van der Waals surface area contributed by atoms with E-state index in [0.717, 1.165) is 0 Å². The second kappa shape index (κ2) is 6.91. The van der Waals surface area contributed by atoms with Gasteiger partial charge in [0.1, 0.15) is 0 Å². The Kier molecular flexibility index (Phi) is 5.49. The fourth-order valence-electron chi connectivity index (χ4n) is 1.10. The Balaban J connectivity index is 2.22. The van der Waals surface area contributed by atoms with Gasteiger partial charge in [-0.25, -0.2) is 0 Å². The van der Waals surface area contributed by atoms with E-state index in [0.29, 0.717) is 36.3 Å². The Hall–Kier alpha value is -1.55. The van der Waals surface area contributed by atoms with Gasteiger partial charge in [-0.15, -0.1) is 10.2 Å². The van der Waals surface area contributed by atoms with Crippen LogP contribution in [-0.2, 0) is 4.79 Å². The molecule has 0 spiro atoms. The molecule has 0 radical (unpaired) electrons. The molecule has 0 aliphatic heterocycles. The molecule has 1 amide bonds. The molecule has 0 N–H and O–H groups in total. The van der Waals surface area contributed by atoms with Crippen molar-refractivity contribution < 1.29 is 9.21 Å². The van der Waals surface area contributed by atoms with Crippen LogP contribution in [0.3, 0.4) is 0 Å². The van der Waals surface area contributed by atoms with Gasteiger partial charge in [-0.2, -0.15) is 5.26 Å². The number of nitrogens with zero attached hydrogens (tertiary/aromatic N) is 4. The fourth-order valence-corrected chi connectivity index (χ4v) is 1.83. The summed E-state index contributed by atoms with van der Waals surface area (Å²) in [5.74, 6) is 1.13. The highest BCUT2D eigenvalue weighted by Crippen LogP contribution is 2.16. The van der Waals surface area contributed by atoms with E-state index in [4.69, 9.17) is 9.68 Å². The Morgan fingerprint density at radius 1 is 1.59 bits per heavy atom. The second-order valence-electron chi connectivity index (χ2n) is 3.41. The minimum atomic E-state index is 0.0176. The smallest absolute Gasteiger partial charge is 0.276 e. The van der Waals surface area contributed by atoms with Gasteiger partial charge in [-0.3, -0.25) is 4.79 Å². The zero-order chi connectivity index (χ0) is 12.7. The third kappa shape index (κ3) is 4.87. The second-order valence-corrected chi connectivity index (χ2v) is 4.46. The highest BCUT2D eigenvalue weighted by molar-refractivity contribution is 7.99. The molecule has 0 fully saturated rings. The number of aryl methyl sites for hydroxylation is 1. The summed E-state index contributed by atoms with van der Waals surface area (Å²) >= 11 is 1.36. The predicted molar refractivity (Wildman–Crippen MR) is 62.2 cm³/mol. The van der Waals surface area contributed by atoms with Crippen molar-refractivity contribution in [1.82, 2.24) is 15.1 Å². The van der Waals surface area contributed by atoms with Crippen LogP contribution >= 0.6 is 11.8 Å². The van der Waals surface area contributed by atoms with E-state index < -0.39 is 0 Å². The number of carbonyl (C=O) groups excluding carboxylic acids is 1. The summed E-state index contributed by atoms with van der Waals surface area (Å²) in [7, 11) is 1.70. The first-order valence-corrected chi connectivity index (χ1v) is 6.16. The number of thioether (sulfide) groups is 1. The number of hydrogen-bond donors (Lipinski definition) is 0. The molecule has 0 aliphatic rings. The maximum atomic E-state index is 11.6. The Bertz CT molecular complexity index is 413. The van der Waals surface area contributed by atoms with Crippen LogP contribution in [0.25, 0.3) is 0 Å². The average molecular weight is 254 g/mol. The van der Waals surface area contributed by atoms with Gasteiger partial charge in [-0.05, 0) is 0 Å². The van der Waals surface area contributed by atoms with Gasteiger partial charge in [0.15, 0.2) is 0 Å². The van der Waals surface area contributed by atoms with Gasteiger partial charge in [0, 0.05) is 32.7 Å². The minimum absolute atomic E-state index is 0.0176. The van der Waals surface area contributed by atoms with Crippen LogP contribution in [0.5, 0.6) is 0 Å². The molecule has 17 heavy (non-hydrogen) atoms. The Labute approximate surface area is 104 Å². The highest BCUT2D eigenvalue weighted by atomic mass is 32.2. The zero-order valence-corrected chi connectivity index (χ0v) is 10.7. The molecular weight excluding hydrogens is 240 g/mol. The molecule has 0 bridgehead atoms. The van der Waals surface area contributed by atoms with Crippen LogP contribution in [0.2, 0.25) is 0 Å². The summed E-state index contributed by atoms with van der Waals surface area (Å²) in [6.45, 7) is 2.19. The van der Waals surface area contributed by atoms with Crippen molar-refractivity contribution in [2.24, 2.45) is 0 Å². The van der Waals surface area contributed by atoms with Crippen molar-refractivity contribution in [2.75, 3.05) is 19.3 Å². The van der Waals surface area contributed by atoms with E-state index in [1.54, 1.807) is 18.9 Å². The fraction of sp³-hybridized carbons (Fsp3) is 0.600. The number of rotatable bonds is 6. The quantitative estimate of drug-likeness (QED) is 0.710. The monoisotopic (exact) mass is 254 g/mol. The molecule has 0 saturated heterocycles. The molecule has 0 saturated carbocycles. The standard InChI is InChI=1S/C10H14N4O2S/c1-8-12-13-10(16-8)17-7-4-9(15)14(2)6-3-5-11/h3-4,6-7H2,1-2H3. The molecule has 0 aromatic carbocycles. The van der Waals surface area contributed by atoms with Gasteiger partial charge < -0.3 is 9.32 Å². The third-order valence-corrected chi connectivity index (χ3v) is 2.85. The van der Waals surface area contributed by atoms with Crippen molar-refractivity contribution in [3.05, 3.63) is 5.89 Å². The number of amides is 1. The van der Waals surface area contributed by atoms with E-state index in [9.17, 15) is 4.79 Å². The average Bonchev–Trinajstić information content (AvgIpc) is 2.71. The van der Waals surface area contributed by atoms with Gasteiger partial charge >= 0.3 is 0 Å². The summed E-state index contributed by atoms with van der Waals surface area (Å²) in [5.41, 5.74) is 0. The Morgan fingerprint density at radius 3 is 2.94 bits per heavy atom. The first-order valence-electron chi connectivity index (χ1n) is 5.17. The molecular formula is C10H14N4O2S. The lowest BCUT2D eigenvalue weighted by Gasteiger charge is -2.14. The summed E-state index contributed by atoms with van der Waals surface area (Å²) < 4.78 is 5.16. The third-order valence-electron chi connectivity index (χ3n) is 2.03. The first kappa shape index (κ1) is 13.5. The van der Waals surface area contributed by atoms with E-state index in [1.165, 1.54) is 11.8 Å². The molecule has 0 unspecified atom stereocenters. The highest BCUT2D eigenvalue weighted by Gasteiger charge is 2.09. The van der Waals surface area contributed by atoms with Crippen LogP contribution in [0.15, 0.2) is 9.64 Å². The van der Waals surface area contributed by atoms with Gasteiger partial charge in [0.05, 0.1) is 12.5 Å². The minimum Gasteiger partial charge on any atom is -0.416 e. The zero-order valence-electron chi connectivity index (χ0n) is 9.84. The van der Waals surface area contributed by atoms with Crippen molar-refractivity contribution in [1.29, 1.82) is 5.26 Å². The molecule has 1 rings (SSSR count). The lowest BCUT2D eigenvalue weighted by molar-refractivity contribution is -0.129. The maximum Gasteiger partial charge on any atom is 0.276 e.